The fourth-order valence-electron chi connectivity index (χ4n) is 0.246. The van der Waals surface area contributed by atoms with Crippen LogP contribution in [0, 0.1) is 11.3 Å². The summed E-state index contributed by atoms with van der Waals surface area (Å²) in [6.45, 7) is 9.09. The highest BCUT2D eigenvalue weighted by Crippen LogP contribution is 2.05. The number of ether oxygens (including phenoxy) is 1. The van der Waals surface area contributed by atoms with Gasteiger partial charge in [0, 0.05) is 14.2 Å². The maximum absolute atomic E-state index is 8.13. The van der Waals surface area contributed by atoms with Gasteiger partial charge in [0.05, 0.1) is 12.5 Å². The van der Waals surface area contributed by atoms with Crippen molar-refractivity contribution in [1.29, 1.82) is 5.26 Å². The minimum Gasteiger partial charge on any atom is -0.388 e. The molecule has 2 nitrogen and oxygen atoms in total. The molecule has 0 rings (SSSR count). The summed E-state index contributed by atoms with van der Waals surface area (Å²) in [7, 11) is 3.25. The van der Waals surface area contributed by atoms with E-state index in [1.54, 1.807) is 14.2 Å². The van der Waals surface area contributed by atoms with Gasteiger partial charge >= 0.3 is 0 Å². The van der Waals surface area contributed by atoms with Gasteiger partial charge in [0.1, 0.15) is 0 Å². The number of rotatable bonds is 2. The van der Waals surface area contributed by atoms with Gasteiger partial charge in [0.15, 0.2) is 0 Å². The lowest BCUT2D eigenvalue weighted by Crippen LogP contribution is -1.77. The molecule has 0 aromatic rings. The molecule has 0 saturated carbocycles. The van der Waals surface area contributed by atoms with Gasteiger partial charge in [-0.3, -0.25) is 0 Å². The molecule has 0 bridgehead atoms. The van der Waals surface area contributed by atoms with Crippen LogP contribution in [0.25, 0.3) is 0 Å². The summed E-state index contributed by atoms with van der Waals surface area (Å²) >= 11 is 0. The highest BCUT2D eigenvalue weighted by Gasteiger charge is 1.89. The summed E-state index contributed by atoms with van der Waals surface area (Å²) in [5.41, 5.74) is 1.72. The van der Waals surface area contributed by atoms with Gasteiger partial charge in [-0.05, 0) is 12.5 Å². The number of nitrogens with zero attached hydrogens (tertiary/aromatic N) is 1. The van der Waals surface area contributed by atoms with Crippen LogP contribution in [0.15, 0.2) is 24.3 Å². The van der Waals surface area contributed by atoms with Crippen LogP contribution in [0.3, 0.4) is 0 Å². The molecule has 0 aliphatic carbocycles. The fraction of sp³-hybridized carbons (Fsp3) is 0.444. The molecule has 0 aromatic heterocycles. The second-order valence-corrected chi connectivity index (χ2v) is 2.13. The first kappa shape index (κ1) is 12.6. The van der Waals surface area contributed by atoms with Gasteiger partial charge in [-0.2, -0.15) is 5.26 Å². The Labute approximate surface area is 68.8 Å². The van der Waals surface area contributed by atoms with Crippen molar-refractivity contribution >= 4 is 0 Å². The van der Waals surface area contributed by atoms with Crippen molar-refractivity contribution in [2.75, 3.05) is 14.2 Å². The van der Waals surface area contributed by atoms with Crippen molar-refractivity contribution in [2.45, 2.75) is 13.3 Å². The van der Waals surface area contributed by atoms with Gasteiger partial charge in [-0.15, -0.1) is 0 Å². The van der Waals surface area contributed by atoms with Gasteiger partial charge in [-0.1, -0.05) is 18.7 Å². The summed E-state index contributed by atoms with van der Waals surface area (Å²) in [6.07, 6.45) is 0.398. The van der Waals surface area contributed by atoms with Crippen LogP contribution >= 0.6 is 0 Å². The molecule has 0 aromatic carbocycles. The van der Waals surface area contributed by atoms with Crippen molar-refractivity contribution in [3.05, 3.63) is 24.3 Å². The number of nitriles is 1. The Morgan fingerprint density at radius 1 is 1.45 bits per heavy atom. The predicted octanol–water partition coefficient (Wildman–Crippen LogP) is 2.29. The molecule has 0 aliphatic rings. The zero-order valence-electron chi connectivity index (χ0n) is 7.48. The highest BCUT2D eigenvalue weighted by atomic mass is 16.4. The Hall–Kier alpha value is -1.07. The van der Waals surface area contributed by atoms with Gasteiger partial charge < -0.3 is 4.74 Å². The van der Waals surface area contributed by atoms with Crippen LogP contribution in [-0.4, -0.2) is 14.2 Å². The largest absolute Gasteiger partial charge is 0.388 e. The number of hydrogen-bond acceptors (Lipinski definition) is 2. The minimum absolute atomic E-state index is 0.398. The van der Waals surface area contributed by atoms with E-state index >= 15 is 0 Å². The Balaban J connectivity index is 0. The third-order valence-corrected chi connectivity index (χ3v) is 0.896. The average molecular weight is 153 g/mol. The second-order valence-electron chi connectivity index (χ2n) is 2.13. The summed E-state index contributed by atoms with van der Waals surface area (Å²) in [5.74, 6) is 0. The van der Waals surface area contributed by atoms with E-state index in [0.717, 1.165) is 11.1 Å². The third-order valence-electron chi connectivity index (χ3n) is 0.896. The third kappa shape index (κ3) is 12.2. The number of hydrogen-bond donors (Lipinski definition) is 0. The Morgan fingerprint density at radius 3 is 1.91 bits per heavy atom. The molecule has 0 radical (unpaired) electrons. The van der Waals surface area contributed by atoms with Crippen LogP contribution in [-0.2, 0) is 4.74 Å². The monoisotopic (exact) mass is 153 g/mol. The van der Waals surface area contributed by atoms with Crippen LogP contribution in [0.2, 0.25) is 0 Å². The summed E-state index contributed by atoms with van der Waals surface area (Å²) < 4.78 is 4.25. The standard InChI is InChI=1S/C7H9N.C2H6O/c1-6(2)7(3)4-5-8;1-3-2/h1,3-4H2,2H3;1-2H3. The SMILES string of the molecule is C=C(C)C(=C)CC#N.COC. The van der Waals surface area contributed by atoms with E-state index < -0.39 is 0 Å². The van der Waals surface area contributed by atoms with E-state index in [1.807, 2.05) is 13.0 Å². The van der Waals surface area contributed by atoms with Gasteiger partial charge in [-0.25, -0.2) is 0 Å². The molecule has 0 aliphatic heterocycles. The Kier molecular flexibility index (Phi) is 10.2. The first-order chi connectivity index (χ1) is 5.09. The molecule has 0 atom stereocenters. The van der Waals surface area contributed by atoms with E-state index in [-0.39, 0.29) is 0 Å². The molecule has 0 heterocycles. The zero-order chi connectivity index (χ0) is 9.28. The van der Waals surface area contributed by atoms with E-state index in [1.165, 1.54) is 0 Å². The lowest BCUT2D eigenvalue weighted by molar-refractivity contribution is 0.277. The predicted molar refractivity (Wildman–Crippen MR) is 47.1 cm³/mol. The van der Waals surface area contributed by atoms with Gasteiger partial charge in [0.2, 0.25) is 0 Å². The molecule has 11 heavy (non-hydrogen) atoms. The van der Waals surface area contributed by atoms with Crippen LogP contribution in [0.1, 0.15) is 13.3 Å². The summed E-state index contributed by atoms with van der Waals surface area (Å²) in [5, 5.41) is 8.13. The molecule has 2 heteroatoms. The van der Waals surface area contributed by atoms with Crippen molar-refractivity contribution in [1.82, 2.24) is 0 Å². The summed E-state index contributed by atoms with van der Waals surface area (Å²) in [6, 6.07) is 1.99. The number of methoxy groups -OCH3 is 1. The zero-order valence-corrected chi connectivity index (χ0v) is 7.48. The normalized spacial score (nSPS) is 7.09. The first-order valence-electron chi connectivity index (χ1n) is 3.20. The van der Waals surface area contributed by atoms with Crippen molar-refractivity contribution in [2.24, 2.45) is 0 Å². The maximum atomic E-state index is 8.13. The molecule has 0 N–H and O–H groups in total. The Bertz CT molecular complexity index is 165. The summed E-state index contributed by atoms with van der Waals surface area (Å²) in [4.78, 5) is 0. The maximum Gasteiger partial charge on any atom is 0.0669 e. The quantitative estimate of drug-likeness (QED) is 0.570. The first-order valence-corrected chi connectivity index (χ1v) is 3.20. The van der Waals surface area contributed by atoms with E-state index in [4.69, 9.17) is 5.26 Å². The molecule has 0 spiro atoms. The van der Waals surface area contributed by atoms with Crippen LogP contribution in [0.4, 0.5) is 0 Å². The lowest BCUT2D eigenvalue weighted by Gasteiger charge is -1.93. The lowest BCUT2D eigenvalue weighted by atomic mass is 10.1. The smallest absolute Gasteiger partial charge is 0.0669 e. The van der Waals surface area contributed by atoms with E-state index in [9.17, 15) is 0 Å². The number of allylic oxidation sites excluding steroid dienone is 2. The molecular weight excluding hydrogens is 138 g/mol. The molecule has 0 fully saturated rings. The Morgan fingerprint density at radius 2 is 1.82 bits per heavy atom. The molecule has 0 unspecified atom stereocenters. The van der Waals surface area contributed by atoms with E-state index in [0.29, 0.717) is 6.42 Å². The molecule has 0 saturated heterocycles. The van der Waals surface area contributed by atoms with Gasteiger partial charge in [0.25, 0.3) is 0 Å². The topological polar surface area (TPSA) is 33.0 Å². The molecule has 0 amide bonds. The minimum atomic E-state index is 0.398. The second kappa shape index (κ2) is 8.93. The van der Waals surface area contributed by atoms with Crippen molar-refractivity contribution in [3.63, 3.8) is 0 Å². The average Bonchev–Trinajstić information content (AvgIpc) is 1.90. The fourth-order valence-corrected chi connectivity index (χ4v) is 0.246. The van der Waals surface area contributed by atoms with Crippen LogP contribution < -0.4 is 0 Å². The molecular formula is C9H15NO. The van der Waals surface area contributed by atoms with Crippen LogP contribution in [0.5, 0.6) is 0 Å². The molecule has 62 valence electrons. The highest BCUT2D eigenvalue weighted by molar-refractivity contribution is 5.25. The van der Waals surface area contributed by atoms with E-state index in [2.05, 4.69) is 17.9 Å². The van der Waals surface area contributed by atoms with Crippen molar-refractivity contribution in [3.8, 4) is 6.07 Å². The van der Waals surface area contributed by atoms with Crippen molar-refractivity contribution < 1.29 is 4.74 Å².